The van der Waals surface area contributed by atoms with Crippen LogP contribution in [0.1, 0.15) is 0 Å². The second-order valence-electron chi connectivity index (χ2n) is 4.86. The molecule has 1 aromatic carbocycles. The quantitative estimate of drug-likeness (QED) is 0.764. The molecule has 2 rings (SSSR count). The first-order valence-electron chi connectivity index (χ1n) is 6.77. The number of benzene rings is 1. The largest absolute Gasteiger partial charge is 0.378 e. The highest BCUT2D eigenvalue weighted by Gasteiger charge is 2.13. The van der Waals surface area contributed by atoms with Crippen LogP contribution in [0.15, 0.2) is 29.4 Å². The van der Waals surface area contributed by atoms with Crippen LogP contribution in [-0.4, -0.2) is 40.5 Å². The Bertz CT molecular complexity index is 718. The van der Waals surface area contributed by atoms with E-state index >= 15 is 0 Å². The second-order valence-corrected chi connectivity index (χ2v) is 5.81. The SMILES string of the molecule is CN(C)c1ccc(NC(=O)Cn2c(N)nnc2SCC#N)cc1. The summed E-state index contributed by atoms with van der Waals surface area (Å²) in [6, 6.07) is 9.48. The summed E-state index contributed by atoms with van der Waals surface area (Å²) < 4.78 is 1.48. The number of anilines is 3. The van der Waals surface area contributed by atoms with Gasteiger partial charge in [0, 0.05) is 25.5 Å². The Morgan fingerprint density at radius 3 is 2.70 bits per heavy atom. The number of nitrogens with one attached hydrogen (secondary N) is 1. The van der Waals surface area contributed by atoms with Gasteiger partial charge in [0.25, 0.3) is 0 Å². The summed E-state index contributed by atoms with van der Waals surface area (Å²) in [6.07, 6.45) is 0. The number of nitrogen functional groups attached to an aromatic ring is 1. The van der Waals surface area contributed by atoms with Crippen LogP contribution < -0.4 is 16.0 Å². The molecule has 0 radical (unpaired) electrons. The van der Waals surface area contributed by atoms with Crippen molar-refractivity contribution >= 4 is 35.0 Å². The molecular weight excluding hydrogens is 314 g/mol. The van der Waals surface area contributed by atoms with Crippen LogP contribution in [0.3, 0.4) is 0 Å². The fourth-order valence-electron chi connectivity index (χ4n) is 1.84. The molecule has 0 aliphatic heterocycles. The normalized spacial score (nSPS) is 10.1. The Kier molecular flexibility index (Phi) is 5.43. The van der Waals surface area contributed by atoms with Crippen LogP contribution in [0.5, 0.6) is 0 Å². The average Bonchev–Trinajstić information content (AvgIpc) is 2.86. The molecule has 2 aromatic rings. The van der Waals surface area contributed by atoms with Crippen molar-refractivity contribution in [2.45, 2.75) is 11.7 Å². The first kappa shape index (κ1) is 16.6. The first-order valence-corrected chi connectivity index (χ1v) is 7.75. The number of nitrogens with zero attached hydrogens (tertiary/aromatic N) is 5. The molecule has 0 saturated heterocycles. The van der Waals surface area contributed by atoms with E-state index in [1.54, 1.807) is 0 Å². The minimum Gasteiger partial charge on any atom is -0.378 e. The highest BCUT2D eigenvalue weighted by atomic mass is 32.2. The minimum absolute atomic E-state index is 0.0119. The summed E-state index contributed by atoms with van der Waals surface area (Å²) >= 11 is 1.18. The molecule has 1 aromatic heterocycles. The Labute approximate surface area is 138 Å². The molecule has 1 heterocycles. The molecule has 3 N–H and O–H groups in total. The summed E-state index contributed by atoms with van der Waals surface area (Å²) in [5.74, 6) is 0.114. The van der Waals surface area contributed by atoms with E-state index in [1.807, 2.05) is 49.3 Å². The molecule has 0 saturated carbocycles. The van der Waals surface area contributed by atoms with Crippen LogP contribution in [0.25, 0.3) is 0 Å². The van der Waals surface area contributed by atoms with Crippen molar-refractivity contribution in [3.63, 3.8) is 0 Å². The highest BCUT2D eigenvalue weighted by Crippen LogP contribution is 2.18. The molecule has 0 aliphatic rings. The molecule has 0 aliphatic carbocycles. The fourth-order valence-corrected chi connectivity index (χ4v) is 2.45. The Balaban J connectivity index is 2.02. The van der Waals surface area contributed by atoms with Crippen molar-refractivity contribution in [2.24, 2.45) is 0 Å². The van der Waals surface area contributed by atoms with Gasteiger partial charge in [-0.1, -0.05) is 11.8 Å². The summed E-state index contributed by atoms with van der Waals surface area (Å²) in [5.41, 5.74) is 7.45. The molecule has 120 valence electrons. The summed E-state index contributed by atoms with van der Waals surface area (Å²) in [4.78, 5) is 14.1. The van der Waals surface area contributed by atoms with Crippen LogP contribution in [-0.2, 0) is 11.3 Å². The van der Waals surface area contributed by atoms with Crippen LogP contribution in [0.2, 0.25) is 0 Å². The number of amides is 1. The lowest BCUT2D eigenvalue weighted by Gasteiger charge is -2.13. The zero-order valence-corrected chi connectivity index (χ0v) is 13.7. The van der Waals surface area contributed by atoms with Gasteiger partial charge in [0.2, 0.25) is 11.9 Å². The number of hydrogen-bond acceptors (Lipinski definition) is 7. The number of carbonyl (C=O) groups is 1. The van der Waals surface area contributed by atoms with E-state index in [4.69, 9.17) is 11.0 Å². The van der Waals surface area contributed by atoms with Gasteiger partial charge in [0.15, 0.2) is 5.16 Å². The van der Waals surface area contributed by atoms with Crippen LogP contribution in [0, 0.1) is 11.3 Å². The monoisotopic (exact) mass is 331 g/mol. The standard InChI is InChI=1S/C14H17N7OS/c1-20(2)11-5-3-10(4-6-11)17-12(22)9-21-13(16)18-19-14(21)23-8-7-15/h3-6H,8-9H2,1-2H3,(H2,16,18)(H,17,22). The molecule has 9 heteroatoms. The molecule has 1 amide bonds. The molecule has 0 atom stereocenters. The third-order valence-corrected chi connectivity index (χ3v) is 3.81. The lowest BCUT2D eigenvalue weighted by molar-refractivity contribution is -0.116. The number of rotatable bonds is 6. The molecule has 0 unspecified atom stereocenters. The maximum Gasteiger partial charge on any atom is 0.244 e. The fraction of sp³-hybridized carbons (Fsp3) is 0.286. The predicted molar refractivity (Wildman–Crippen MR) is 90.2 cm³/mol. The molecule has 8 nitrogen and oxygen atoms in total. The Morgan fingerprint density at radius 1 is 1.39 bits per heavy atom. The van der Waals surface area contributed by atoms with Gasteiger partial charge in [0.05, 0.1) is 11.8 Å². The van der Waals surface area contributed by atoms with Crippen molar-refractivity contribution in [3.8, 4) is 6.07 Å². The summed E-state index contributed by atoms with van der Waals surface area (Å²) in [6.45, 7) is -0.0119. The van der Waals surface area contributed by atoms with Crippen LogP contribution in [0.4, 0.5) is 17.3 Å². The average molecular weight is 331 g/mol. The van der Waals surface area contributed by atoms with Gasteiger partial charge < -0.3 is 16.0 Å². The van der Waals surface area contributed by atoms with Crippen molar-refractivity contribution in [2.75, 3.05) is 35.8 Å². The summed E-state index contributed by atoms with van der Waals surface area (Å²) in [5, 5.41) is 19.5. The first-order chi connectivity index (χ1) is 11.0. The third-order valence-electron chi connectivity index (χ3n) is 2.98. The van der Waals surface area contributed by atoms with E-state index in [1.165, 1.54) is 16.3 Å². The van der Waals surface area contributed by atoms with E-state index < -0.39 is 0 Å². The zero-order chi connectivity index (χ0) is 16.8. The lowest BCUT2D eigenvalue weighted by atomic mass is 10.2. The predicted octanol–water partition coefficient (Wildman–Crippen LogP) is 1.18. The van der Waals surface area contributed by atoms with Gasteiger partial charge in [-0.2, -0.15) is 5.26 Å². The zero-order valence-electron chi connectivity index (χ0n) is 12.9. The number of nitriles is 1. The smallest absolute Gasteiger partial charge is 0.244 e. The highest BCUT2D eigenvalue weighted by molar-refractivity contribution is 7.99. The van der Waals surface area contributed by atoms with Gasteiger partial charge in [-0.25, -0.2) is 0 Å². The Hall–Kier alpha value is -2.73. The van der Waals surface area contributed by atoms with E-state index in [9.17, 15) is 4.79 Å². The van der Waals surface area contributed by atoms with Gasteiger partial charge in [0.1, 0.15) is 6.54 Å². The van der Waals surface area contributed by atoms with E-state index in [0.717, 1.165) is 5.69 Å². The number of nitrogens with two attached hydrogens (primary N) is 1. The number of carbonyl (C=O) groups excluding carboxylic acids is 1. The number of thioether (sulfide) groups is 1. The topological polar surface area (TPSA) is 113 Å². The van der Waals surface area contributed by atoms with Crippen molar-refractivity contribution in [1.29, 1.82) is 5.26 Å². The van der Waals surface area contributed by atoms with Crippen molar-refractivity contribution in [3.05, 3.63) is 24.3 Å². The van der Waals surface area contributed by atoms with E-state index in [-0.39, 0.29) is 24.2 Å². The maximum atomic E-state index is 12.1. The number of aromatic nitrogens is 3. The third kappa shape index (κ3) is 4.37. The lowest BCUT2D eigenvalue weighted by Crippen LogP contribution is -2.20. The Morgan fingerprint density at radius 2 is 2.09 bits per heavy atom. The van der Waals surface area contributed by atoms with E-state index in [2.05, 4.69) is 15.5 Å². The minimum atomic E-state index is -0.243. The number of hydrogen-bond donors (Lipinski definition) is 2. The van der Waals surface area contributed by atoms with Gasteiger partial charge >= 0.3 is 0 Å². The molecule has 23 heavy (non-hydrogen) atoms. The molecule has 0 bridgehead atoms. The van der Waals surface area contributed by atoms with Crippen molar-refractivity contribution in [1.82, 2.24) is 14.8 Å². The molecular formula is C14H17N7OS. The van der Waals surface area contributed by atoms with Gasteiger partial charge in [-0.3, -0.25) is 9.36 Å². The van der Waals surface area contributed by atoms with Crippen LogP contribution >= 0.6 is 11.8 Å². The summed E-state index contributed by atoms with van der Waals surface area (Å²) in [7, 11) is 3.89. The van der Waals surface area contributed by atoms with E-state index in [0.29, 0.717) is 10.8 Å². The van der Waals surface area contributed by atoms with Crippen molar-refractivity contribution < 1.29 is 4.79 Å². The second kappa shape index (κ2) is 7.51. The maximum absolute atomic E-state index is 12.1. The molecule has 0 fully saturated rings. The van der Waals surface area contributed by atoms with Gasteiger partial charge in [-0.05, 0) is 24.3 Å². The molecule has 0 spiro atoms. The van der Waals surface area contributed by atoms with Gasteiger partial charge in [-0.15, -0.1) is 10.2 Å².